The molecule has 0 heterocycles. The highest BCUT2D eigenvalue weighted by Crippen LogP contribution is 2.25. The average Bonchev–Trinajstić information content (AvgIpc) is 2.32. The number of halogens is 4. The molecule has 0 atom stereocenters. The fraction of sp³-hybridized carbons (Fsp3) is 0.0909. The van der Waals surface area contributed by atoms with E-state index in [-0.39, 0.29) is 0 Å². The first kappa shape index (κ1) is 13.7. The molecule has 0 aliphatic heterocycles. The van der Waals surface area contributed by atoms with Gasteiger partial charge in [-0.25, -0.2) is 22.4 Å². The second-order valence-electron chi connectivity index (χ2n) is 3.29. The summed E-state index contributed by atoms with van der Waals surface area (Å²) in [7, 11) is 0. The second-order valence-corrected chi connectivity index (χ2v) is 3.29. The fourth-order valence-corrected chi connectivity index (χ4v) is 1.15. The zero-order valence-electron chi connectivity index (χ0n) is 8.89. The quantitative estimate of drug-likeness (QED) is 0.504. The lowest BCUT2D eigenvalue weighted by Crippen LogP contribution is -2.05. The van der Waals surface area contributed by atoms with Gasteiger partial charge in [0.2, 0.25) is 0 Å². The molecular weight excluding hydrogens is 254 g/mol. The minimum absolute atomic E-state index is 0.445. The lowest BCUT2D eigenvalue weighted by Gasteiger charge is -2.05. The van der Waals surface area contributed by atoms with Gasteiger partial charge in [0.1, 0.15) is 11.6 Å². The number of nitriles is 1. The highest BCUT2D eigenvalue weighted by molar-refractivity contribution is 5.91. The van der Waals surface area contributed by atoms with Crippen LogP contribution in [-0.2, 0) is 4.79 Å². The second kappa shape index (κ2) is 4.87. The van der Waals surface area contributed by atoms with Gasteiger partial charge in [0, 0.05) is 5.57 Å². The van der Waals surface area contributed by atoms with Crippen molar-refractivity contribution in [2.24, 2.45) is 0 Å². The van der Waals surface area contributed by atoms with Crippen molar-refractivity contribution in [3.8, 4) is 6.07 Å². The van der Waals surface area contributed by atoms with E-state index in [1.807, 2.05) is 0 Å². The molecule has 7 heteroatoms. The van der Waals surface area contributed by atoms with E-state index in [0.29, 0.717) is 6.08 Å². The predicted octanol–water partition coefficient (Wildman–Crippen LogP) is 2.60. The summed E-state index contributed by atoms with van der Waals surface area (Å²) in [5.74, 6) is -8.85. The predicted molar refractivity (Wildman–Crippen MR) is 52.3 cm³/mol. The van der Waals surface area contributed by atoms with E-state index in [1.54, 1.807) is 0 Å². The Kier molecular flexibility index (Phi) is 3.71. The molecule has 18 heavy (non-hydrogen) atoms. The van der Waals surface area contributed by atoms with E-state index in [9.17, 15) is 22.4 Å². The summed E-state index contributed by atoms with van der Waals surface area (Å²) in [6.45, 7) is 0.995. The summed E-state index contributed by atoms with van der Waals surface area (Å²) >= 11 is 0. The number of carbonyl (C=O) groups is 1. The van der Waals surface area contributed by atoms with E-state index < -0.39 is 45.9 Å². The van der Waals surface area contributed by atoms with Crippen molar-refractivity contribution in [1.82, 2.24) is 0 Å². The number of rotatable bonds is 2. The third-order valence-electron chi connectivity index (χ3n) is 2.11. The monoisotopic (exact) mass is 259 g/mol. The maximum atomic E-state index is 13.3. The Balaban J connectivity index is 3.64. The molecule has 1 aromatic carbocycles. The van der Waals surface area contributed by atoms with E-state index in [4.69, 9.17) is 10.4 Å². The van der Waals surface area contributed by atoms with Crippen LogP contribution >= 0.6 is 0 Å². The van der Waals surface area contributed by atoms with Crippen molar-refractivity contribution in [3.05, 3.63) is 40.0 Å². The van der Waals surface area contributed by atoms with Crippen LogP contribution in [0.1, 0.15) is 18.1 Å². The van der Waals surface area contributed by atoms with Crippen LogP contribution in [0.3, 0.4) is 0 Å². The van der Waals surface area contributed by atoms with Crippen molar-refractivity contribution >= 4 is 12.0 Å². The Morgan fingerprint density at radius 3 is 1.94 bits per heavy atom. The SMILES string of the molecule is CC(=Cc1c(F)c(F)c(C#N)c(F)c1F)C(=O)O. The van der Waals surface area contributed by atoms with E-state index in [0.717, 1.165) is 13.0 Å². The van der Waals surface area contributed by atoms with Crippen LogP contribution in [0.25, 0.3) is 6.08 Å². The molecule has 0 aromatic heterocycles. The molecule has 0 spiro atoms. The summed E-state index contributed by atoms with van der Waals surface area (Å²) in [4.78, 5) is 10.5. The standard InChI is InChI=1S/C11H5F4NO2/c1-4(11(17)18)2-5-7(12)9(14)6(3-16)10(15)8(5)13/h2H,1H3,(H,17,18). The molecule has 0 aliphatic carbocycles. The van der Waals surface area contributed by atoms with Crippen LogP contribution < -0.4 is 0 Å². The smallest absolute Gasteiger partial charge is 0.331 e. The third-order valence-corrected chi connectivity index (χ3v) is 2.11. The van der Waals surface area contributed by atoms with Crippen molar-refractivity contribution in [2.75, 3.05) is 0 Å². The lowest BCUT2D eigenvalue weighted by molar-refractivity contribution is -0.132. The van der Waals surface area contributed by atoms with Gasteiger partial charge in [0.15, 0.2) is 23.3 Å². The van der Waals surface area contributed by atoms with Crippen molar-refractivity contribution in [2.45, 2.75) is 6.92 Å². The summed E-state index contributed by atoms with van der Waals surface area (Å²) in [6, 6.07) is 0.981. The van der Waals surface area contributed by atoms with Crippen LogP contribution in [0, 0.1) is 34.6 Å². The molecule has 0 fully saturated rings. The molecule has 1 N–H and O–H groups in total. The maximum absolute atomic E-state index is 13.3. The largest absolute Gasteiger partial charge is 0.478 e. The molecule has 0 saturated carbocycles. The minimum Gasteiger partial charge on any atom is -0.478 e. The van der Waals surface area contributed by atoms with Crippen LogP contribution in [0.15, 0.2) is 5.57 Å². The van der Waals surface area contributed by atoms with Gasteiger partial charge in [-0.05, 0) is 13.0 Å². The van der Waals surface area contributed by atoms with Crippen molar-refractivity contribution in [1.29, 1.82) is 5.26 Å². The number of benzene rings is 1. The van der Waals surface area contributed by atoms with Crippen LogP contribution in [0.2, 0.25) is 0 Å². The Bertz CT molecular complexity index is 573. The van der Waals surface area contributed by atoms with E-state index in [1.165, 1.54) is 0 Å². The summed E-state index contributed by atoms with van der Waals surface area (Å²) < 4.78 is 53.0. The zero-order valence-corrected chi connectivity index (χ0v) is 8.89. The number of hydrogen-bond acceptors (Lipinski definition) is 2. The Morgan fingerprint density at radius 2 is 1.61 bits per heavy atom. The molecule has 3 nitrogen and oxygen atoms in total. The minimum atomic E-state index is -1.86. The molecule has 1 rings (SSSR count). The highest BCUT2D eigenvalue weighted by Gasteiger charge is 2.24. The number of nitrogens with zero attached hydrogens (tertiary/aromatic N) is 1. The van der Waals surface area contributed by atoms with Gasteiger partial charge < -0.3 is 5.11 Å². The van der Waals surface area contributed by atoms with E-state index >= 15 is 0 Å². The zero-order chi connectivity index (χ0) is 14.0. The van der Waals surface area contributed by atoms with Gasteiger partial charge in [0.25, 0.3) is 0 Å². The molecule has 0 aliphatic rings. The molecule has 0 unspecified atom stereocenters. The van der Waals surface area contributed by atoms with E-state index in [2.05, 4.69) is 0 Å². The summed E-state index contributed by atoms with van der Waals surface area (Å²) in [5, 5.41) is 16.8. The first-order valence-corrected chi connectivity index (χ1v) is 4.48. The van der Waals surface area contributed by atoms with Crippen molar-refractivity contribution < 1.29 is 27.5 Å². The summed E-state index contributed by atoms with van der Waals surface area (Å²) in [5.41, 5.74) is -3.09. The Labute approximate surface area is 98.6 Å². The number of aliphatic carboxylic acids is 1. The topological polar surface area (TPSA) is 61.1 Å². The normalized spacial score (nSPS) is 11.2. The fourth-order valence-electron chi connectivity index (χ4n) is 1.15. The van der Waals surface area contributed by atoms with Gasteiger partial charge in [-0.15, -0.1) is 0 Å². The molecule has 1 aromatic rings. The maximum Gasteiger partial charge on any atom is 0.331 e. The molecule has 0 bridgehead atoms. The van der Waals surface area contributed by atoms with Crippen LogP contribution in [-0.4, -0.2) is 11.1 Å². The summed E-state index contributed by atoms with van der Waals surface area (Å²) in [6.07, 6.45) is 0.445. The average molecular weight is 259 g/mol. The Morgan fingerprint density at radius 1 is 1.17 bits per heavy atom. The number of carboxylic acid groups (broad SMARTS) is 1. The first-order valence-electron chi connectivity index (χ1n) is 4.48. The van der Waals surface area contributed by atoms with Crippen LogP contribution in [0.4, 0.5) is 17.6 Å². The molecule has 94 valence electrons. The lowest BCUT2D eigenvalue weighted by atomic mass is 10.1. The molecular formula is C11H5F4NO2. The highest BCUT2D eigenvalue weighted by atomic mass is 19.2. The van der Waals surface area contributed by atoms with Gasteiger partial charge in [0.05, 0.1) is 5.56 Å². The molecule has 0 amide bonds. The van der Waals surface area contributed by atoms with Crippen molar-refractivity contribution in [3.63, 3.8) is 0 Å². The number of carboxylic acids is 1. The third kappa shape index (κ3) is 2.18. The van der Waals surface area contributed by atoms with Gasteiger partial charge in [-0.1, -0.05) is 0 Å². The Hall–Kier alpha value is -2.36. The first-order chi connectivity index (χ1) is 8.31. The molecule has 0 radical (unpaired) electrons. The van der Waals surface area contributed by atoms with Gasteiger partial charge in [-0.3, -0.25) is 0 Å². The number of hydrogen-bond donors (Lipinski definition) is 1. The van der Waals surface area contributed by atoms with Crippen LogP contribution in [0.5, 0.6) is 0 Å². The van der Waals surface area contributed by atoms with Gasteiger partial charge in [-0.2, -0.15) is 5.26 Å². The van der Waals surface area contributed by atoms with Gasteiger partial charge >= 0.3 is 5.97 Å². The molecule has 0 saturated heterocycles.